The van der Waals surface area contributed by atoms with Crippen LogP contribution in [0.2, 0.25) is 0 Å². The van der Waals surface area contributed by atoms with Gasteiger partial charge in [-0.3, -0.25) is 0 Å². The molecule has 2 saturated heterocycles. The third-order valence-electron chi connectivity index (χ3n) is 3.00. The van der Waals surface area contributed by atoms with Crippen molar-refractivity contribution in [3.05, 3.63) is 12.3 Å². The predicted octanol–water partition coefficient (Wildman–Crippen LogP) is -2.07. The molecule has 0 radical (unpaired) electrons. The van der Waals surface area contributed by atoms with Gasteiger partial charge in [-0.15, -0.1) is 0 Å². The van der Waals surface area contributed by atoms with Crippen molar-refractivity contribution in [1.29, 1.82) is 0 Å². The number of ether oxygens (including phenoxy) is 2. The summed E-state index contributed by atoms with van der Waals surface area (Å²) in [6.45, 7) is -0.231. The third-order valence-corrected chi connectivity index (χ3v) is 3.00. The molecule has 2 fully saturated rings. The highest BCUT2D eigenvalue weighted by atomic mass is 16.6. The number of nitrogens with two attached hydrogens (primary N) is 1. The highest BCUT2D eigenvalue weighted by Gasteiger charge is 2.54. The van der Waals surface area contributed by atoms with Crippen LogP contribution in [0.4, 0.5) is 0 Å². The quantitative estimate of drug-likeness (QED) is 0.476. The topological polar surface area (TPSA) is 101 Å². The molecule has 0 aromatic carbocycles. The fraction of sp³-hybridized carbons (Fsp3) is 0.667. The summed E-state index contributed by atoms with van der Waals surface area (Å²) in [6.07, 6.45) is 0.480. The highest BCUT2D eigenvalue weighted by molar-refractivity contribution is 5.91. The van der Waals surface area contributed by atoms with Crippen molar-refractivity contribution < 1.29 is 19.7 Å². The van der Waals surface area contributed by atoms with Gasteiger partial charge in [0.05, 0.1) is 6.61 Å². The van der Waals surface area contributed by atoms with E-state index in [1.807, 2.05) is 0 Å². The molecule has 16 heavy (non-hydrogen) atoms. The fourth-order valence-electron chi connectivity index (χ4n) is 2.18. The largest absolute Gasteiger partial charge is 0.394 e. The number of hydrogen-bond donors (Lipinski definition) is 3. The van der Waals surface area contributed by atoms with E-state index in [9.17, 15) is 5.11 Å². The number of aliphatic hydroxyl groups is 2. The molecule has 0 spiro atoms. The summed E-state index contributed by atoms with van der Waals surface area (Å²) < 4.78 is 11.0. The van der Waals surface area contributed by atoms with Crippen molar-refractivity contribution in [3.63, 3.8) is 0 Å². The summed E-state index contributed by atoms with van der Waals surface area (Å²) in [6, 6.07) is 0. The van der Waals surface area contributed by atoms with E-state index in [1.54, 1.807) is 17.2 Å². The summed E-state index contributed by atoms with van der Waals surface area (Å²) in [5.74, 6) is 0.384. The Morgan fingerprint density at radius 1 is 1.50 bits per heavy atom. The average molecular weight is 227 g/mol. The molecule has 7 heteroatoms. The van der Waals surface area contributed by atoms with Crippen LogP contribution in [0.5, 0.6) is 0 Å². The Morgan fingerprint density at radius 3 is 3.06 bits per heavy atom. The van der Waals surface area contributed by atoms with E-state index in [-0.39, 0.29) is 6.61 Å². The zero-order valence-corrected chi connectivity index (χ0v) is 8.43. The predicted molar refractivity (Wildman–Crippen MR) is 53.0 cm³/mol. The van der Waals surface area contributed by atoms with Crippen LogP contribution in [0.15, 0.2) is 17.3 Å². The monoisotopic (exact) mass is 227 g/mol. The second-order valence-corrected chi connectivity index (χ2v) is 3.98. The lowest BCUT2D eigenvalue weighted by Gasteiger charge is -2.26. The van der Waals surface area contributed by atoms with E-state index < -0.39 is 30.9 Å². The van der Waals surface area contributed by atoms with Gasteiger partial charge in [0.1, 0.15) is 24.1 Å². The Bertz CT molecular complexity index is 359. The van der Waals surface area contributed by atoms with Crippen molar-refractivity contribution in [2.24, 2.45) is 10.7 Å². The number of fused-ring (bicyclic) bond motifs is 3. The number of amidine groups is 1. The smallest absolute Gasteiger partial charge is 0.232 e. The fourth-order valence-corrected chi connectivity index (χ4v) is 2.18. The summed E-state index contributed by atoms with van der Waals surface area (Å²) >= 11 is 0. The molecule has 0 aromatic rings. The molecular formula is C9H13N3O4. The van der Waals surface area contributed by atoms with E-state index in [4.69, 9.17) is 20.3 Å². The zero-order chi connectivity index (χ0) is 11.3. The van der Waals surface area contributed by atoms with Crippen LogP contribution in [0.25, 0.3) is 0 Å². The maximum absolute atomic E-state index is 9.83. The first-order chi connectivity index (χ1) is 7.70. The SMILES string of the molecule is NC1=NC2OC3C(O[C@H](CO)[C@H]3O)N2C=C1. The Balaban J connectivity index is 1.83. The first-order valence-electron chi connectivity index (χ1n) is 5.09. The minimum atomic E-state index is -0.842. The minimum absolute atomic E-state index is 0.231. The van der Waals surface area contributed by atoms with Gasteiger partial charge in [0.15, 0.2) is 6.23 Å². The molecule has 3 heterocycles. The number of hydrogen-bond acceptors (Lipinski definition) is 7. The van der Waals surface area contributed by atoms with Crippen LogP contribution in [0, 0.1) is 0 Å². The van der Waals surface area contributed by atoms with Gasteiger partial charge in [0.2, 0.25) is 6.35 Å². The van der Waals surface area contributed by atoms with Gasteiger partial charge in [-0.2, -0.15) is 0 Å². The lowest BCUT2D eigenvalue weighted by Crippen LogP contribution is -2.37. The average Bonchev–Trinajstić information content (AvgIpc) is 2.75. The van der Waals surface area contributed by atoms with Crippen LogP contribution < -0.4 is 5.73 Å². The van der Waals surface area contributed by atoms with E-state index >= 15 is 0 Å². The van der Waals surface area contributed by atoms with E-state index in [0.717, 1.165) is 0 Å². The molecule has 5 atom stereocenters. The lowest BCUT2D eigenvalue weighted by molar-refractivity contribution is -0.0910. The number of aliphatic imine (C=N–C) groups is 1. The van der Waals surface area contributed by atoms with Gasteiger partial charge in [0, 0.05) is 6.20 Å². The third kappa shape index (κ3) is 1.26. The standard InChI is InChI=1S/C9H13N3O4/c10-5-1-2-12-8-7(16-9(12)11-5)6(14)4(3-13)15-8/h1-2,4,6-9,13-14H,3H2,(H2,10,11)/t4-,6-,7?,8?,9?/m1/s1. The molecule has 3 unspecified atom stereocenters. The Labute approximate surface area is 91.8 Å². The number of rotatable bonds is 1. The van der Waals surface area contributed by atoms with Gasteiger partial charge in [-0.05, 0) is 6.08 Å². The molecule has 0 aliphatic carbocycles. The normalized spacial score (nSPS) is 45.5. The first kappa shape index (κ1) is 10.0. The molecule has 0 bridgehead atoms. The van der Waals surface area contributed by atoms with Crippen LogP contribution >= 0.6 is 0 Å². The summed E-state index contributed by atoms with van der Waals surface area (Å²) in [7, 11) is 0. The van der Waals surface area contributed by atoms with Crippen LogP contribution in [-0.4, -0.2) is 58.4 Å². The minimum Gasteiger partial charge on any atom is -0.394 e. The van der Waals surface area contributed by atoms with Crippen LogP contribution in [-0.2, 0) is 9.47 Å². The summed E-state index contributed by atoms with van der Waals surface area (Å²) in [5, 5.41) is 18.8. The second-order valence-electron chi connectivity index (χ2n) is 3.98. The Hall–Kier alpha value is -1.15. The molecule has 0 amide bonds. The summed E-state index contributed by atoms with van der Waals surface area (Å²) in [5.41, 5.74) is 5.54. The van der Waals surface area contributed by atoms with Gasteiger partial charge in [0.25, 0.3) is 0 Å². The Kier molecular flexibility index (Phi) is 2.15. The van der Waals surface area contributed by atoms with Crippen LogP contribution in [0.3, 0.4) is 0 Å². The molecule has 0 aromatic heterocycles. The number of aliphatic hydroxyl groups excluding tert-OH is 2. The van der Waals surface area contributed by atoms with E-state index in [1.165, 1.54) is 0 Å². The van der Waals surface area contributed by atoms with Crippen molar-refractivity contribution in [2.75, 3.05) is 6.61 Å². The van der Waals surface area contributed by atoms with E-state index in [2.05, 4.69) is 4.99 Å². The molecule has 3 rings (SSSR count). The molecule has 7 nitrogen and oxygen atoms in total. The highest BCUT2D eigenvalue weighted by Crippen LogP contribution is 2.36. The summed E-state index contributed by atoms with van der Waals surface area (Å²) in [4.78, 5) is 5.81. The molecule has 3 aliphatic heterocycles. The van der Waals surface area contributed by atoms with Gasteiger partial charge in [-0.25, -0.2) is 4.99 Å². The van der Waals surface area contributed by atoms with Crippen molar-refractivity contribution >= 4 is 5.84 Å². The maximum Gasteiger partial charge on any atom is 0.232 e. The second kappa shape index (κ2) is 3.42. The van der Waals surface area contributed by atoms with Gasteiger partial charge in [-0.1, -0.05) is 0 Å². The first-order valence-corrected chi connectivity index (χ1v) is 5.09. The molecule has 3 aliphatic rings. The molecule has 4 N–H and O–H groups in total. The lowest BCUT2D eigenvalue weighted by atomic mass is 10.1. The molecular weight excluding hydrogens is 214 g/mol. The van der Waals surface area contributed by atoms with Crippen molar-refractivity contribution in [3.8, 4) is 0 Å². The molecule has 0 saturated carbocycles. The van der Waals surface area contributed by atoms with Crippen LogP contribution in [0.1, 0.15) is 0 Å². The zero-order valence-electron chi connectivity index (χ0n) is 8.43. The van der Waals surface area contributed by atoms with Gasteiger partial charge < -0.3 is 30.3 Å². The Morgan fingerprint density at radius 2 is 2.31 bits per heavy atom. The van der Waals surface area contributed by atoms with Crippen molar-refractivity contribution in [1.82, 2.24) is 4.90 Å². The van der Waals surface area contributed by atoms with Gasteiger partial charge >= 0.3 is 0 Å². The molecule has 88 valence electrons. The maximum atomic E-state index is 9.83. The number of nitrogens with zero attached hydrogens (tertiary/aromatic N) is 2. The van der Waals surface area contributed by atoms with Crippen molar-refractivity contribution in [2.45, 2.75) is 30.9 Å². The van der Waals surface area contributed by atoms with E-state index in [0.29, 0.717) is 5.84 Å².